The van der Waals surface area contributed by atoms with Gasteiger partial charge in [0.05, 0.1) is 6.54 Å². The van der Waals surface area contributed by atoms with Crippen molar-refractivity contribution >= 4 is 0 Å². The summed E-state index contributed by atoms with van der Waals surface area (Å²) in [4.78, 5) is 0. The number of rotatable bonds is 3. The summed E-state index contributed by atoms with van der Waals surface area (Å²) >= 11 is 0. The Bertz CT molecular complexity index is 217. The highest BCUT2D eigenvalue weighted by Gasteiger charge is 2.07. The molecule has 5 nitrogen and oxygen atoms in total. The van der Waals surface area contributed by atoms with Crippen molar-refractivity contribution < 1.29 is 0 Å². The van der Waals surface area contributed by atoms with Crippen molar-refractivity contribution in [3.05, 3.63) is 5.82 Å². The predicted molar refractivity (Wildman–Crippen MR) is 41.0 cm³/mol. The average molecular weight is 155 g/mol. The summed E-state index contributed by atoms with van der Waals surface area (Å²) in [6.07, 6.45) is 0. The second kappa shape index (κ2) is 3.43. The largest absolute Gasteiger partial charge is 0.329 e. The third-order valence-electron chi connectivity index (χ3n) is 1.42. The fourth-order valence-electron chi connectivity index (χ4n) is 0.907. The van der Waals surface area contributed by atoms with Gasteiger partial charge in [0.25, 0.3) is 0 Å². The number of tetrazole rings is 1. The lowest BCUT2D eigenvalue weighted by molar-refractivity contribution is 0.556. The second-order valence-corrected chi connectivity index (χ2v) is 2.70. The topological polar surface area (TPSA) is 69.6 Å². The number of nitrogens with zero attached hydrogens (tertiary/aromatic N) is 4. The maximum Gasteiger partial charge on any atom is 0.153 e. The Morgan fingerprint density at radius 2 is 2.27 bits per heavy atom. The van der Waals surface area contributed by atoms with Gasteiger partial charge in [-0.3, -0.25) is 0 Å². The molecule has 5 heteroatoms. The molecule has 1 rings (SSSR count). The second-order valence-electron chi connectivity index (χ2n) is 2.70. The molecule has 0 aromatic carbocycles. The SMILES string of the molecule is CC(C)c1nnnn1CCN. The van der Waals surface area contributed by atoms with E-state index in [2.05, 4.69) is 29.4 Å². The number of nitrogens with two attached hydrogens (primary N) is 1. The molecule has 0 aliphatic rings. The fraction of sp³-hybridized carbons (Fsp3) is 0.833. The maximum absolute atomic E-state index is 5.37. The zero-order valence-corrected chi connectivity index (χ0v) is 6.86. The van der Waals surface area contributed by atoms with Crippen LogP contribution in [0.4, 0.5) is 0 Å². The van der Waals surface area contributed by atoms with Gasteiger partial charge in [-0.25, -0.2) is 4.68 Å². The van der Waals surface area contributed by atoms with Crippen molar-refractivity contribution in [2.45, 2.75) is 26.3 Å². The van der Waals surface area contributed by atoms with Gasteiger partial charge in [-0.1, -0.05) is 13.8 Å². The van der Waals surface area contributed by atoms with Crippen molar-refractivity contribution in [2.24, 2.45) is 5.73 Å². The Morgan fingerprint density at radius 1 is 1.55 bits per heavy atom. The molecule has 0 spiro atoms. The molecule has 2 N–H and O–H groups in total. The van der Waals surface area contributed by atoms with Crippen molar-refractivity contribution in [1.82, 2.24) is 20.2 Å². The minimum absolute atomic E-state index is 0.358. The van der Waals surface area contributed by atoms with E-state index in [0.717, 1.165) is 5.82 Å². The van der Waals surface area contributed by atoms with Crippen LogP contribution in [0.3, 0.4) is 0 Å². The van der Waals surface area contributed by atoms with E-state index in [4.69, 9.17) is 5.73 Å². The van der Waals surface area contributed by atoms with Gasteiger partial charge in [-0.2, -0.15) is 0 Å². The molecule has 11 heavy (non-hydrogen) atoms. The van der Waals surface area contributed by atoms with Crippen LogP contribution in [-0.4, -0.2) is 26.8 Å². The summed E-state index contributed by atoms with van der Waals surface area (Å²) in [7, 11) is 0. The van der Waals surface area contributed by atoms with Crippen LogP contribution in [0.1, 0.15) is 25.6 Å². The molecule has 0 amide bonds. The van der Waals surface area contributed by atoms with Crippen molar-refractivity contribution in [3.63, 3.8) is 0 Å². The number of aromatic nitrogens is 4. The molecular formula is C6H13N5. The first-order chi connectivity index (χ1) is 5.25. The number of hydrogen-bond acceptors (Lipinski definition) is 4. The fourth-order valence-corrected chi connectivity index (χ4v) is 0.907. The van der Waals surface area contributed by atoms with E-state index in [1.807, 2.05) is 0 Å². The first-order valence-electron chi connectivity index (χ1n) is 3.72. The van der Waals surface area contributed by atoms with Crippen LogP contribution in [-0.2, 0) is 6.54 Å². The van der Waals surface area contributed by atoms with Crippen molar-refractivity contribution in [3.8, 4) is 0 Å². The van der Waals surface area contributed by atoms with E-state index < -0.39 is 0 Å². The zero-order valence-electron chi connectivity index (χ0n) is 6.86. The van der Waals surface area contributed by atoms with Crippen molar-refractivity contribution in [1.29, 1.82) is 0 Å². The van der Waals surface area contributed by atoms with E-state index in [-0.39, 0.29) is 0 Å². The van der Waals surface area contributed by atoms with Crippen LogP contribution in [0.2, 0.25) is 0 Å². The van der Waals surface area contributed by atoms with Gasteiger partial charge in [-0.15, -0.1) is 5.10 Å². The monoisotopic (exact) mass is 155 g/mol. The Morgan fingerprint density at radius 3 is 2.82 bits per heavy atom. The molecule has 62 valence electrons. The van der Waals surface area contributed by atoms with Crippen LogP contribution in [0, 0.1) is 0 Å². The first-order valence-corrected chi connectivity index (χ1v) is 3.72. The summed E-state index contributed by atoms with van der Waals surface area (Å²) < 4.78 is 1.74. The van der Waals surface area contributed by atoms with E-state index in [1.54, 1.807) is 4.68 Å². The van der Waals surface area contributed by atoms with Gasteiger partial charge >= 0.3 is 0 Å². The minimum atomic E-state index is 0.358. The molecule has 0 unspecified atom stereocenters. The summed E-state index contributed by atoms with van der Waals surface area (Å²) in [6.45, 7) is 5.38. The molecule has 0 aliphatic heterocycles. The van der Waals surface area contributed by atoms with Crippen molar-refractivity contribution in [2.75, 3.05) is 6.54 Å². The molecule has 0 aliphatic carbocycles. The highest BCUT2D eigenvalue weighted by Crippen LogP contribution is 2.07. The molecule has 1 heterocycles. The minimum Gasteiger partial charge on any atom is -0.329 e. The van der Waals surface area contributed by atoms with Crippen LogP contribution in [0.15, 0.2) is 0 Å². The summed E-state index contributed by atoms with van der Waals surface area (Å²) in [6, 6.07) is 0. The van der Waals surface area contributed by atoms with Gasteiger partial charge in [0.15, 0.2) is 5.82 Å². The Labute approximate surface area is 65.6 Å². The van der Waals surface area contributed by atoms with E-state index >= 15 is 0 Å². The third kappa shape index (κ3) is 1.74. The third-order valence-corrected chi connectivity index (χ3v) is 1.42. The lowest BCUT2D eigenvalue weighted by Gasteiger charge is -2.03. The smallest absolute Gasteiger partial charge is 0.153 e. The number of hydrogen-bond donors (Lipinski definition) is 1. The van der Waals surface area contributed by atoms with Crippen LogP contribution < -0.4 is 5.73 Å². The Hall–Kier alpha value is -0.970. The normalized spacial score (nSPS) is 10.9. The van der Waals surface area contributed by atoms with Crippen LogP contribution >= 0.6 is 0 Å². The summed E-state index contributed by atoms with van der Waals surface area (Å²) in [5, 5.41) is 11.3. The lowest BCUT2D eigenvalue weighted by Crippen LogP contribution is -2.14. The highest BCUT2D eigenvalue weighted by atomic mass is 15.5. The standard InChI is InChI=1S/C6H13N5/c1-5(2)6-8-9-10-11(6)4-3-7/h5H,3-4,7H2,1-2H3. The predicted octanol–water partition coefficient (Wildman–Crippen LogP) is -0.245. The molecular weight excluding hydrogens is 142 g/mol. The van der Waals surface area contributed by atoms with E-state index in [9.17, 15) is 0 Å². The summed E-state index contributed by atoms with van der Waals surface area (Å²) in [5.74, 6) is 1.26. The average Bonchev–Trinajstić information content (AvgIpc) is 2.36. The van der Waals surface area contributed by atoms with Crippen LogP contribution in [0.25, 0.3) is 0 Å². The molecule has 0 atom stereocenters. The molecule has 0 saturated heterocycles. The zero-order chi connectivity index (χ0) is 8.27. The molecule has 0 radical (unpaired) electrons. The molecule has 0 saturated carbocycles. The molecule has 0 bridgehead atoms. The Kier molecular flexibility index (Phi) is 2.53. The quantitative estimate of drug-likeness (QED) is 0.653. The van der Waals surface area contributed by atoms with Gasteiger partial charge in [0, 0.05) is 12.5 Å². The summed E-state index contributed by atoms with van der Waals surface area (Å²) in [5.41, 5.74) is 5.37. The van der Waals surface area contributed by atoms with Gasteiger partial charge in [0.1, 0.15) is 0 Å². The molecule has 1 aromatic heterocycles. The van der Waals surface area contributed by atoms with Gasteiger partial charge < -0.3 is 5.73 Å². The van der Waals surface area contributed by atoms with E-state index in [1.165, 1.54) is 0 Å². The van der Waals surface area contributed by atoms with Gasteiger partial charge in [0.2, 0.25) is 0 Å². The molecule has 0 fully saturated rings. The first kappa shape index (κ1) is 8.13. The maximum atomic E-state index is 5.37. The van der Waals surface area contributed by atoms with Crippen LogP contribution in [0.5, 0.6) is 0 Å². The van der Waals surface area contributed by atoms with E-state index in [0.29, 0.717) is 19.0 Å². The van der Waals surface area contributed by atoms with Gasteiger partial charge in [-0.05, 0) is 10.4 Å². The Balaban J connectivity index is 2.78. The highest BCUT2D eigenvalue weighted by molar-refractivity contribution is 4.87. The molecule has 1 aromatic rings. The lowest BCUT2D eigenvalue weighted by atomic mass is 10.2.